The maximum absolute atomic E-state index is 10.7. The van der Waals surface area contributed by atoms with Crippen molar-refractivity contribution in [3.8, 4) is 0 Å². The lowest BCUT2D eigenvalue weighted by Crippen LogP contribution is -2.82. The average Bonchev–Trinajstić information content (AvgIpc) is 2.10. The quantitative estimate of drug-likeness (QED) is 0.771. The molecule has 2 bridgehead atoms. The SMILES string of the molecule is CSC12SC(C)=NC(O)(C1(C)C)C2(C)C. The maximum atomic E-state index is 10.7. The number of hydrogen-bond acceptors (Lipinski definition) is 4. The summed E-state index contributed by atoms with van der Waals surface area (Å²) in [5.74, 6) is 0. The highest BCUT2D eigenvalue weighted by atomic mass is 32.2. The minimum atomic E-state index is -0.904. The van der Waals surface area contributed by atoms with Gasteiger partial charge >= 0.3 is 0 Å². The summed E-state index contributed by atoms with van der Waals surface area (Å²) in [6, 6.07) is 0. The van der Waals surface area contributed by atoms with Crippen LogP contribution in [0.15, 0.2) is 4.99 Å². The van der Waals surface area contributed by atoms with Crippen LogP contribution in [0.2, 0.25) is 0 Å². The zero-order chi connectivity index (χ0) is 11.7. The second kappa shape index (κ2) is 2.77. The van der Waals surface area contributed by atoms with E-state index in [-0.39, 0.29) is 14.9 Å². The summed E-state index contributed by atoms with van der Waals surface area (Å²) in [5, 5.41) is 11.8. The molecule has 1 N–H and O–H groups in total. The highest BCUT2D eigenvalue weighted by Crippen LogP contribution is 2.79. The zero-order valence-electron chi connectivity index (χ0n) is 10.2. The van der Waals surface area contributed by atoms with Crippen LogP contribution in [0.3, 0.4) is 0 Å². The molecule has 2 aliphatic heterocycles. The van der Waals surface area contributed by atoms with Crippen molar-refractivity contribution in [1.29, 1.82) is 0 Å². The summed E-state index contributed by atoms with van der Waals surface area (Å²) >= 11 is 3.67. The lowest BCUT2D eigenvalue weighted by Gasteiger charge is -2.75. The Morgan fingerprint density at radius 2 is 1.67 bits per heavy atom. The fourth-order valence-corrected chi connectivity index (χ4v) is 6.89. The zero-order valence-corrected chi connectivity index (χ0v) is 11.8. The Morgan fingerprint density at radius 3 is 2.07 bits per heavy atom. The van der Waals surface area contributed by atoms with Gasteiger partial charge in [-0.05, 0) is 13.2 Å². The van der Waals surface area contributed by atoms with E-state index >= 15 is 0 Å². The molecule has 86 valence electrons. The molecule has 0 amide bonds. The van der Waals surface area contributed by atoms with Crippen molar-refractivity contribution in [3.05, 3.63) is 0 Å². The predicted molar refractivity (Wildman–Crippen MR) is 69.5 cm³/mol. The number of fused-ring (bicyclic) bond motifs is 1. The van der Waals surface area contributed by atoms with Crippen molar-refractivity contribution >= 4 is 28.6 Å². The molecule has 1 aliphatic carbocycles. The highest BCUT2D eigenvalue weighted by molar-refractivity contribution is 8.26. The van der Waals surface area contributed by atoms with Gasteiger partial charge in [0.25, 0.3) is 0 Å². The fraction of sp³-hybridized carbons (Fsp3) is 0.909. The molecule has 2 heterocycles. The molecule has 0 aromatic heterocycles. The molecule has 0 saturated heterocycles. The van der Waals surface area contributed by atoms with Crippen LogP contribution in [-0.4, -0.2) is 26.2 Å². The Morgan fingerprint density at radius 1 is 1.20 bits per heavy atom. The van der Waals surface area contributed by atoms with Gasteiger partial charge in [-0.3, -0.25) is 0 Å². The van der Waals surface area contributed by atoms with Crippen molar-refractivity contribution in [1.82, 2.24) is 0 Å². The first kappa shape index (κ1) is 11.8. The molecule has 0 aromatic carbocycles. The standard InChI is InChI=1S/C11H19NOS2/c1-7-12-10(13)8(2,3)11(14-6,15-7)9(10,4)5/h13H,1-6H3. The van der Waals surface area contributed by atoms with E-state index in [0.29, 0.717) is 0 Å². The molecule has 0 atom stereocenters. The van der Waals surface area contributed by atoms with Gasteiger partial charge < -0.3 is 5.11 Å². The van der Waals surface area contributed by atoms with Gasteiger partial charge in [0.1, 0.15) is 0 Å². The Hall–Kier alpha value is 0.330. The Bertz CT molecular complexity index is 330. The Labute approximate surface area is 100 Å². The van der Waals surface area contributed by atoms with Crippen molar-refractivity contribution in [3.63, 3.8) is 0 Å². The van der Waals surface area contributed by atoms with E-state index in [4.69, 9.17) is 0 Å². The monoisotopic (exact) mass is 245 g/mol. The maximum Gasteiger partial charge on any atom is 0.171 e. The van der Waals surface area contributed by atoms with Crippen LogP contribution in [0.25, 0.3) is 0 Å². The molecule has 0 radical (unpaired) electrons. The van der Waals surface area contributed by atoms with E-state index in [1.165, 1.54) is 0 Å². The van der Waals surface area contributed by atoms with Gasteiger partial charge in [-0.25, -0.2) is 4.99 Å². The van der Waals surface area contributed by atoms with Crippen molar-refractivity contribution in [2.75, 3.05) is 6.26 Å². The largest absolute Gasteiger partial charge is 0.368 e. The van der Waals surface area contributed by atoms with Gasteiger partial charge in [-0.2, -0.15) is 0 Å². The van der Waals surface area contributed by atoms with E-state index in [1.54, 1.807) is 0 Å². The van der Waals surface area contributed by atoms with E-state index in [1.807, 2.05) is 30.4 Å². The van der Waals surface area contributed by atoms with Crippen LogP contribution >= 0.6 is 23.5 Å². The summed E-state index contributed by atoms with van der Waals surface area (Å²) in [5.41, 5.74) is -1.25. The van der Waals surface area contributed by atoms with Gasteiger partial charge in [0.2, 0.25) is 0 Å². The molecule has 4 heteroatoms. The molecule has 0 spiro atoms. The summed E-state index contributed by atoms with van der Waals surface area (Å²) < 4.78 is 0.0422. The smallest absolute Gasteiger partial charge is 0.171 e. The predicted octanol–water partition coefficient (Wildman–Crippen LogP) is 2.97. The molecule has 0 aromatic rings. The lowest BCUT2D eigenvalue weighted by molar-refractivity contribution is -0.245. The van der Waals surface area contributed by atoms with Crippen molar-refractivity contribution in [2.45, 2.75) is 44.4 Å². The summed E-state index contributed by atoms with van der Waals surface area (Å²) in [7, 11) is 0. The first-order valence-corrected chi connectivity index (χ1v) is 7.23. The third-order valence-corrected chi connectivity index (χ3v) is 8.33. The van der Waals surface area contributed by atoms with E-state index < -0.39 is 5.72 Å². The van der Waals surface area contributed by atoms with Crippen LogP contribution in [0, 0.1) is 10.8 Å². The number of aliphatic hydroxyl groups is 1. The van der Waals surface area contributed by atoms with Crippen molar-refractivity contribution < 1.29 is 5.11 Å². The average molecular weight is 245 g/mol. The molecular weight excluding hydrogens is 226 g/mol. The second-order valence-electron chi connectivity index (χ2n) is 5.48. The number of aliphatic imine (C=N–C) groups is 1. The minimum Gasteiger partial charge on any atom is -0.368 e. The lowest BCUT2D eigenvalue weighted by atomic mass is 9.48. The number of nitrogens with zero attached hydrogens (tertiary/aromatic N) is 1. The number of thioether (sulfide) groups is 2. The normalized spacial score (nSPS) is 45.7. The first-order valence-electron chi connectivity index (χ1n) is 5.19. The number of rotatable bonds is 1. The van der Waals surface area contributed by atoms with E-state index in [9.17, 15) is 5.11 Å². The van der Waals surface area contributed by atoms with E-state index in [2.05, 4.69) is 38.9 Å². The molecule has 0 unspecified atom stereocenters. The first-order chi connectivity index (χ1) is 6.66. The Kier molecular flexibility index (Phi) is 2.18. The molecule has 1 saturated carbocycles. The topological polar surface area (TPSA) is 32.6 Å². The minimum absolute atomic E-state index is 0.0422. The van der Waals surface area contributed by atoms with Gasteiger partial charge in [-0.15, -0.1) is 11.8 Å². The third-order valence-electron chi connectivity index (χ3n) is 4.29. The van der Waals surface area contributed by atoms with Crippen LogP contribution in [0.5, 0.6) is 0 Å². The molecule has 1 fully saturated rings. The van der Waals surface area contributed by atoms with Gasteiger partial charge in [0.15, 0.2) is 5.72 Å². The van der Waals surface area contributed by atoms with E-state index in [0.717, 1.165) is 5.04 Å². The number of hydrogen-bond donors (Lipinski definition) is 1. The van der Waals surface area contributed by atoms with Crippen LogP contribution in [0.4, 0.5) is 0 Å². The third kappa shape index (κ3) is 0.895. The molecular formula is C11H19NOS2. The molecule has 3 rings (SSSR count). The fourth-order valence-electron chi connectivity index (χ4n) is 3.50. The van der Waals surface area contributed by atoms with Crippen molar-refractivity contribution in [2.24, 2.45) is 15.8 Å². The van der Waals surface area contributed by atoms with Crippen LogP contribution in [-0.2, 0) is 0 Å². The van der Waals surface area contributed by atoms with Gasteiger partial charge in [0, 0.05) is 10.8 Å². The second-order valence-corrected chi connectivity index (χ2v) is 8.16. The highest BCUT2D eigenvalue weighted by Gasteiger charge is 2.83. The molecule has 2 nitrogen and oxygen atoms in total. The van der Waals surface area contributed by atoms with Gasteiger partial charge in [-0.1, -0.05) is 39.5 Å². The molecule has 15 heavy (non-hydrogen) atoms. The summed E-state index contributed by atoms with van der Waals surface area (Å²) in [6.45, 7) is 10.5. The van der Waals surface area contributed by atoms with Crippen LogP contribution in [0.1, 0.15) is 34.6 Å². The Balaban J connectivity index is 2.63. The van der Waals surface area contributed by atoms with Crippen LogP contribution < -0.4 is 0 Å². The summed E-state index contributed by atoms with van der Waals surface area (Å²) in [6.07, 6.45) is 2.13. The van der Waals surface area contributed by atoms with Gasteiger partial charge in [0.05, 0.1) is 9.12 Å². The summed E-state index contributed by atoms with van der Waals surface area (Å²) in [4.78, 5) is 4.50. The molecule has 3 aliphatic rings.